The van der Waals surface area contributed by atoms with Gasteiger partial charge in [-0.05, 0) is 30.3 Å². The Kier molecular flexibility index (Phi) is 3.60. The molecule has 0 unspecified atom stereocenters. The van der Waals surface area contributed by atoms with Crippen LogP contribution >= 0.6 is 11.6 Å². The van der Waals surface area contributed by atoms with Gasteiger partial charge in [-0.25, -0.2) is 4.68 Å². The number of nitrogens with two attached hydrogens (primary N) is 1. The van der Waals surface area contributed by atoms with Crippen molar-refractivity contribution in [3.05, 3.63) is 59.2 Å². The summed E-state index contributed by atoms with van der Waals surface area (Å²) in [6.07, 6.45) is 0. The fourth-order valence-electron chi connectivity index (χ4n) is 2.15. The zero-order valence-corrected chi connectivity index (χ0v) is 11.8. The van der Waals surface area contributed by atoms with Gasteiger partial charge < -0.3 is 10.8 Å². The van der Waals surface area contributed by atoms with Crippen LogP contribution < -0.4 is 5.73 Å². The zero-order valence-electron chi connectivity index (χ0n) is 11.1. The molecule has 0 radical (unpaired) electrons. The van der Waals surface area contributed by atoms with Gasteiger partial charge in [0.1, 0.15) is 17.1 Å². The first kappa shape index (κ1) is 13.6. The fraction of sp³-hybridized carbons (Fsp3) is 0.0667. The Hall–Kier alpha value is -2.37. The van der Waals surface area contributed by atoms with E-state index in [2.05, 4.69) is 10.3 Å². The summed E-state index contributed by atoms with van der Waals surface area (Å²) in [5.41, 5.74) is 8.77. The number of nitrogens with zero attached hydrogens (tertiary/aromatic N) is 3. The first-order chi connectivity index (χ1) is 10.2. The van der Waals surface area contributed by atoms with Crippen LogP contribution in [0.5, 0.6) is 5.75 Å². The van der Waals surface area contributed by atoms with E-state index in [9.17, 15) is 5.11 Å². The smallest absolute Gasteiger partial charge is 0.115 e. The first-order valence-corrected chi connectivity index (χ1v) is 6.77. The quantitative estimate of drug-likeness (QED) is 0.780. The summed E-state index contributed by atoms with van der Waals surface area (Å²) in [5.74, 6) is 0.192. The van der Waals surface area contributed by atoms with E-state index in [1.54, 1.807) is 28.9 Å². The number of phenols is 1. The molecule has 0 aliphatic rings. The molecule has 1 heterocycles. The number of benzene rings is 2. The Morgan fingerprint density at radius 2 is 1.81 bits per heavy atom. The lowest BCUT2D eigenvalue weighted by Gasteiger charge is -2.09. The van der Waals surface area contributed by atoms with Gasteiger partial charge >= 0.3 is 0 Å². The number of rotatable bonds is 3. The summed E-state index contributed by atoms with van der Waals surface area (Å²) in [6, 6.07) is 14.2. The molecule has 0 saturated carbocycles. The second-order valence-corrected chi connectivity index (χ2v) is 4.90. The average molecular weight is 301 g/mol. The molecule has 0 aliphatic carbocycles. The molecule has 5 nitrogen and oxygen atoms in total. The number of aromatic nitrogens is 3. The largest absolute Gasteiger partial charge is 0.508 e. The van der Waals surface area contributed by atoms with Crippen LogP contribution in [0.15, 0.2) is 48.5 Å². The van der Waals surface area contributed by atoms with Crippen LogP contribution in [0.1, 0.15) is 5.69 Å². The highest BCUT2D eigenvalue weighted by atomic mass is 35.5. The Balaban J connectivity index is 2.22. The highest BCUT2D eigenvalue weighted by molar-refractivity contribution is 6.33. The molecule has 6 heteroatoms. The summed E-state index contributed by atoms with van der Waals surface area (Å²) in [7, 11) is 0. The number of hydrogen-bond donors (Lipinski definition) is 2. The van der Waals surface area contributed by atoms with Crippen LogP contribution in [0.3, 0.4) is 0 Å². The molecule has 2 aromatic carbocycles. The maximum Gasteiger partial charge on any atom is 0.115 e. The molecule has 0 aliphatic heterocycles. The molecular weight excluding hydrogens is 288 g/mol. The third-order valence-electron chi connectivity index (χ3n) is 3.16. The zero-order chi connectivity index (χ0) is 14.8. The second-order valence-electron chi connectivity index (χ2n) is 4.50. The van der Waals surface area contributed by atoms with Gasteiger partial charge in [0.25, 0.3) is 0 Å². The van der Waals surface area contributed by atoms with Crippen molar-refractivity contribution < 1.29 is 5.11 Å². The third-order valence-corrected chi connectivity index (χ3v) is 3.49. The molecule has 3 aromatic rings. The van der Waals surface area contributed by atoms with Gasteiger partial charge in [-0.1, -0.05) is 35.0 Å². The number of hydrogen-bond acceptors (Lipinski definition) is 4. The Bertz CT molecular complexity index is 768. The van der Waals surface area contributed by atoms with Crippen molar-refractivity contribution in [2.24, 2.45) is 5.73 Å². The highest BCUT2D eigenvalue weighted by Gasteiger charge is 2.17. The van der Waals surface area contributed by atoms with E-state index in [0.29, 0.717) is 10.7 Å². The van der Waals surface area contributed by atoms with Crippen molar-refractivity contribution in [3.8, 4) is 22.7 Å². The van der Waals surface area contributed by atoms with Crippen LogP contribution in [0, 0.1) is 0 Å². The van der Waals surface area contributed by atoms with Crippen molar-refractivity contribution in [2.75, 3.05) is 0 Å². The minimum atomic E-state index is 0.192. The van der Waals surface area contributed by atoms with Gasteiger partial charge in [-0.15, -0.1) is 5.10 Å². The monoisotopic (exact) mass is 300 g/mol. The molecule has 0 spiro atoms. The topological polar surface area (TPSA) is 77.0 Å². The fourth-order valence-corrected chi connectivity index (χ4v) is 2.37. The molecular formula is C15H13ClN4O. The van der Waals surface area contributed by atoms with Gasteiger partial charge in [-0.3, -0.25) is 0 Å². The molecule has 0 bridgehead atoms. The van der Waals surface area contributed by atoms with Crippen molar-refractivity contribution in [2.45, 2.75) is 6.54 Å². The Morgan fingerprint density at radius 1 is 1.10 bits per heavy atom. The normalized spacial score (nSPS) is 10.8. The second kappa shape index (κ2) is 5.55. The third kappa shape index (κ3) is 2.49. The minimum Gasteiger partial charge on any atom is -0.508 e. The summed E-state index contributed by atoms with van der Waals surface area (Å²) < 4.78 is 1.67. The van der Waals surface area contributed by atoms with Gasteiger partial charge in [0.15, 0.2) is 0 Å². The SMILES string of the molecule is NCc1nnn(-c2ccc(O)cc2)c1-c1ccccc1Cl. The average Bonchev–Trinajstić information content (AvgIpc) is 2.92. The van der Waals surface area contributed by atoms with E-state index in [-0.39, 0.29) is 12.3 Å². The summed E-state index contributed by atoms with van der Waals surface area (Å²) in [4.78, 5) is 0. The van der Waals surface area contributed by atoms with E-state index in [0.717, 1.165) is 16.9 Å². The molecule has 3 N–H and O–H groups in total. The number of aromatic hydroxyl groups is 1. The van der Waals surface area contributed by atoms with Crippen LogP contribution in [-0.2, 0) is 6.54 Å². The molecule has 3 rings (SSSR count). The van der Waals surface area contributed by atoms with Crippen molar-refractivity contribution in [3.63, 3.8) is 0 Å². The summed E-state index contributed by atoms with van der Waals surface area (Å²) in [5, 5.41) is 18.3. The standard InChI is InChI=1S/C15H13ClN4O/c16-13-4-2-1-3-12(13)15-14(9-17)18-19-20(15)10-5-7-11(21)8-6-10/h1-8,21H,9,17H2. The summed E-state index contributed by atoms with van der Waals surface area (Å²) in [6.45, 7) is 0.263. The number of halogens is 1. The van der Waals surface area contributed by atoms with E-state index in [4.69, 9.17) is 17.3 Å². The maximum absolute atomic E-state index is 9.40. The molecule has 0 amide bonds. The summed E-state index contributed by atoms with van der Waals surface area (Å²) >= 11 is 6.28. The first-order valence-electron chi connectivity index (χ1n) is 6.39. The van der Waals surface area contributed by atoms with Crippen molar-refractivity contribution >= 4 is 11.6 Å². The lowest BCUT2D eigenvalue weighted by atomic mass is 10.1. The predicted molar refractivity (Wildman–Crippen MR) is 81.4 cm³/mol. The van der Waals surface area contributed by atoms with Crippen molar-refractivity contribution in [1.29, 1.82) is 0 Å². The van der Waals surface area contributed by atoms with Gasteiger partial charge in [0.2, 0.25) is 0 Å². The van der Waals surface area contributed by atoms with E-state index >= 15 is 0 Å². The van der Waals surface area contributed by atoms with Crippen LogP contribution in [-0.4, -0.2) is 20.1 Å². The van der Waals surface area contributed by atoms with E-state index in [1.165, 1.54) is 0 Å². The molecule has 0 atom stereocenters. The maximum atomic E-state index is 9.40. The van der Waals surface area contributed by atoms with E-state index < -0.39 is 0 Å². The Morgan fingerprint density at radius 3 is 2.48 bits per heavy atom. The lowest BCUT2D eigenvalue weighted by molar-refractivity contribution is 0.475. The lowest BCUT2D eigenvalue weighted by Crippen LogP contribution is -2.02. The minimum absolute atomic E-state index is 0.192. The van der Waals surface area contributed by atoms with Gasteiger partial charge in [0, 0.05) is 12.1 Å². The van der Waals surface area contributed by atoms with Gasteiger partial charge in [0.05, 0.1) is 10.7 Å². The Labute approximate surface area is 126 Å². The molecule has 0 fully saturated rings. The molecule has 21 heavy (non-hydrogen) atoms. The number of phenolic OH excluding ortho intramolecular Hbond substituents is 1. The van der Waals surface area contributed by atoms with E-state index in [1.807, 2.05) is 24.3 Å². The highest BCUT2D eigenvalue weighted by Crippen LogP contribution is 2.31. The van der Waals surface area contributed by atoms with Crippen LogP contribution in [0.4, 0.5) is 0 Å². The molecule has 106 valence electrons. The van der Waals surface area contributed by atoms with Crippen LogP contribution in [0.2, 0.25) is 5.02 Å². The van der Waals surface area contributed by atoms with Gasteiger partial charge in [-0.2, -0.15) is 0 Å². The van der Waals surface area contributed by atoms with Crippen molar-refractivity contribution in [1.82, 2.24) is 15.0 Å². The predicted octanol–water partition coefficient (Wildman–Crippen LogP) is 2.75. The molecule has 1 aromatic heterocycles. The molecule has 0 saturated heterocycles. The van der Waals surface area contributed by atoms with Crippen LogP contribution in [0.25, 0.3) is 16.9 Å².